The highest BCUT2D eigenvalue weighted by atomic mass is 79.9. The van der Waals surface area contributed by atoms with Crippen molar-refractivity contribution in [2.24, 2.45) is 17.8 Å². The van der Waals surface area contributed by atoms with Gasteiger partial charge in [-0.05, 0) is 29.9 Å². The lowest BCUT2D eigenvalue weighted by Gasteiger charge is -2.41. The SMILES string of the molecule is CC1C(Br)OC(COC(=O)c2ccccc2)C(C)C1C. The number of halogens is 1. The number of carbonyl (C=O) groups is 1. The van der Waals surface area contributed by atoms with E-state index in [-0.39, 0.29) is 17.1 Å². The molecule has 4 heteroatoms. The topological polar surface area (TPSA) is 35.5 Å². The van der Waals surface area contributed by atoms with Crippen molar-refractivity contribution >= 4 is 21.9 Å². The van der Waals surface area contributed by atoms with Crippen molar-refractivity contribution in [1.29, 1.82) is 0 Å². The Morgan fingerprint density at radius 2 is 1.80 bits per heavy atom. The maximum absolute atomic E-state index is 11.9. The Morgan fingerprint density at radius 1 is 1.15 bits per heavy atom. The molecule has 1 heterocycles. The van der Waals surface area contributed by atoms with E-state index in [1.165, 1.54) is 0 Å². The zero-order valence-electron chi connectivity index (χ0n) is 12.1. The summed E-state index contributed by atoms with van der Waals surface area (Å²) < 4.78 is 11.3. The Balaban J connectivity index is 1.92. The van der Waals surface area contributed by atoms with Gasteiger partial charge in [-0.2, -0.15) is 0 Å². The molecule has 5 atom stereocenters. The highest BCUT2D eigenvalue weighted by Crippen LogP contribution is 2.37. The van der Waals surface area contributed by atoms with Crippen molar-refractivity contribution in [3.05, 3.63) is 35.9 Å². The van der Waals surface area contributed by atoms with Crippen LogP contribution in [0.3, 0.4) is 0 Å². The zero-order valence-corrected chi connectivity index (χ0v) is 13.7. The van der Waals surface area contributed by atoms with E-state index in [1.807, 2.05) is 18.2 Å². The van der Waals surface area contributed by atoms with E-state index in [2.05, 4.69) is 36.7 Å². The van der Waals surface area contributed by atoms with Gasteiger partial charge in [-0.3, -0.25) is 0 Å². The van der Waals surface area contributed by atoms with Crippen LogP contribution < -0.4 is 0 Å². The number of alkyl halides is 1. The van der Waals surface area contributed by atoms with Crippen molar-refractivity contribution in [2.45, 2.75) is 31.9 Å². The molecule has 0 radical (unpaired) electrons. The molecule has 1 aliphatic rings. The second kappa shape index (κ2) is 6.72. The third-order valence-corrected chi connectivity index (χ3v) is 5.40. The second-order valence-corrected chi connectivity index (χ2v) is 6.47. The summed E-state index contributed by atoms with van der Waals surface area (Å²) in [7, 11) is 0. The van der Waals surface area contributed by atoms with E-state index in [9.17, 15) is 4.79 Å². The summed E-state index contributed by atoms with van der Waals surface area (Å²) in [5, 5.41) is 0.0223. The molecule has 0 spiro atoms. The summed E-state index contributed by atoms with van der Waals surface area (Å²) in [6, 6.07) is 9.04. The van der Waals surface area contributed by atoms with Crippen LogP contribution in [0.4, 0.5) is 0 Å². The molecule has 0 saturated carbocycles. The van der Waals surface area contributed by atoms with Gasteiger partial charge in [0, 0.05) is 0 Å². The van der Waals surface area contributed by atoms with Crippen molar-refractivity contribution in [3.8, 4) is 0 Å². The van der Waals surface area contributed by atoms with Crippen LogP contribution in [0, 0.1) is 17.8 Å². The first-order chi connectivity index (χ1) is 9.50. The molecule has 1 fully saturated rings. The van der Waals surface area contributed by atoms with E-state index in [1.54, 1.807) is 12.1 Å². The highest BCUT2D eigenvalue weighted by molar-refractivity contribution is 9.09. The standard InChI is InChI=1S/C16H21BrO3/c1-10-11(2)14(20-15(17)12(10)3)9-19-16(18)13-7-5-4-6-8-13/h4-8,10-12,14-15H,9H2,1-3H3. The van der Waals surface area contributed by atoms with Crippen molar-refractivity contribution in [3.63, 3.8) is 0 Å². The summed E-state index contributed by atoms with van der Waals surface area (Å²) >= 11 is 3.55. The van der Waals surface area contributed by atoms with Crippen LogP contribution in [-0.2, 0) is 9.47 Å². The third-order valence-electron chi connectivity index (χ3n) is 4.35. The number of rotatable bonds is 3. The van der Waals surface area contributed by atoms with Crippen LogP contribution in [0.5, 0.6) is 0 Å². The molecule has 0 amide bonds. The van der Waals surface area contributed by atoms with Gasteiger partial charge in [-0.1, -0.05) is 54.9 Å². The van der Waals surface area contributed by atoms with Gasteiger partial charge in [-0.25, -0.2) is 4.79 Å². The van der Waals surface area contributed by atoms with E-state index >= 15 is 0 Å². The quantitative estimate of drug-likeness (QED) is 0.618. The molecular formula is C16H21BrO3. The Labute approximate surface area is 128 Å². The lowest BCUT2D eigenvalue weighted by atomic mass is 9.80. The second-order valence-electron chi connectivity index (χ2n) is 5.57. The van der Waals surface area contributed by atoms with Crippen molar-refractivity contribution < 1.29 is 14.3 Å². The minimum absolute atomic E-state index is 0.0223. The smallest absolute Gasteiger partial charge is 0.338 e. The van der Waals surface area contributed by atoms with Gasteiger partial charge < -0.3 is 9.47 Å². The Morgan fingerprint density at radius 3 is 2.45 bits per heavy atom. The van der Waals surface area contributed by atoms with Gasteiger partial charge in [0.15, 0.2) is 0 Å². The maximum Gasteiger partial charge on any atom is 0.338 e. The van der Waals surface area contributed by atoms with Crippen LogP contribution in [0.1, 0.15) is 31.1 Å². The average Bonchev–Trinajstić information content (AvgIpc) is 2.48. The lowest BCUT2D eigenvalue weighted by molar-refractivity contribution is -0.112. The van der Waals surface area contributed by atoms with Crippen molar-refractivity contribution in [2.75, 3.05) is 6.61 Å². The number of esters is 1. The largest absolute Gasteiger partial charge is 0.459 e. The fourth-order valence-electron chi connectivity index (χ4n) is 2.48. The van der Waals surface area contributed by atoms with Crippen LogP contribution in [0.25, 0.3) is 0 Å². The summed E-state index contributed by atoms with van der Waals surface area (Å²) in [6.07, 6.45) is -0.0572. The monoisotopic (exact) mass is 340 g/mol. The maximum atomic E-state index is 11.9. The molecule has 1 aliphatic heterocycles. The number of hydrogen-bond donors (Lipinski definition) is 0. The van der Waals surface area contributed by atoms with Gasteiger partial charge in [0.1, 0.15) is 11.6 Å². The van der Waals surface area contributed by atoms with E-state index in [4.69, 9.17) is 9.47 Å². The molecule has 5 unspecified atom stereocenters. The predicted molar refractivity (Wildman–Crippen MR) is 81.8 cm³/mol. The minimum Gasteiger partial charge on any atom is -0.459 e. The molecule has 0 bridgehead atoms. The molecule has 1 aromatic rings. The predicted octanol–water partition coefficient (Wildman–Crippen LogP) is 3.87. The lowest BCUT2D eigenvalue weighted by Crippen LogP contribution is -2.44. The normalized spacial score (nSPS) is 33.7. The number of hydrogen-bond acceptors (Lipinski definition) is 3. The summed E-state index contributed by atoms with van der Waals surface area (Å²) in [5.74, 6) is 1.04. The zero-order chi connectivity index (χ0) is 14.7. The van der Waals surface area contributed by atoms with Gasteiger partial charge >= 0.3 is 5.97 Å². The van der Waals surface area contributed by atoms with Gasteiger partial charge in [0.2, 0.25) is 0 Å². The van der Waals surface area contributed by atoms with Crippen LogP contribution in [0.2, 0.25) is 0 Å². The summed E-state index contributed by atoms with van der Waals surface area (Å²) in [4.78, 5) is 11.9. The van der Waals surface area contributed by atoms with Gasteiger partial charge in [0.05, 0.1) is 11.7 Å². The molecule has 110 valence electrons. The van der Waals surface area contributed by atoms with Crippen LogP contribution >= 0.6 is 15.9 Å². The fraction of sp³-hybridized carbons (Fsp3) is 0.562. The Kier molecular flexibility index (Phi) is 5.22. The van der Waals surface area contributed by atoms with Crippen LogP contribution in [-0.4, -0.2) is 23.7 Å². The first-order valence-corrected chi connectivity index (χ1v) is 7.94. The first kappa shape index (κ1) is 15.5. The number of ether oxygens (including phenoxy) is 2. The van der Waals surface area contributed by atoms with E-state index < -0.39 is 0 Å². The Hall–Kier alpha value is -0.870. The van der Waals surface area contributed by atoms with Gasteiger partial charge in [-0.15, -0.1) is 0 Å². The average molecular weight is 341 g/mol. The fourth-order valence-corrected chi connectivity index (χ4v) is 3.24. The van der Waals surface area contributed by atoms with Crippen LogP contribution in [0.15, 0.2) is 30.3 Å². The number of carbonyl (C=O) groups excluding carboxylic acids is 1. The highest BCUT2D eigenvalue weighted by Gasteiger charge is 2.38. The summed E-state index contributed by atoms with van der Waals surface area (Å²) in [6.45, 7) is 6.85. The molecule has 20 heavy (non-hydrogen) atoms. The van der Waals surface area contributed by atoms with Gasteiger partial charge in [0.25, 0.3) is 0 Å². The third kappa shape index (κ3) is 3.41. The molecule has 2 rings (SSSR count). The first-order valence-electron chi connectivity index (χ1n) is 7.02. The molecule has 3 nitrogen and oxygen atoms in total. The minimum atomic E-state index is -0.293. The summed E-state index contributed by atoms with van der Waals surface area (Å²) in [5.41, 5.74) is 0.577. The van der Waals surface area contributed by atoms with Crippen molar-refractivity contribution in [1.82, 2.24) is 0 Å². The molecule has 1 aromatic carbocycles. The molecular weight excluding hydrogens is 320 g/mol. The number of benzene rings is 1. The molecule has 0 aliphatic carbocycles. The van der Waals surface area contributed by atoms with E-state index in [0.717, 1.165) is 0 Å². The van der Waals surface area contributed by atoms with E-state index in [0.29, 0.717) is 29.9 Å². The molecule has 0 aromatic heterocycles. The molecule has 0 N–H and O–H groups in total. The molecule has 1 saturated heterocycles. The Bertz CT molecular complexity index is 448.